The summed E-state index contributed by atoms with van der Waals surface area (Å²) >= 11 is 4.10. The van der Waals surface area contributed by atoms with Crippen LogP contribution >= 0.6 is 12.6 Å². The van der Waals surface area contributed by atoms with Gasteiger partial charge < -0.3 is 101 Å². The maximum atomic E-state index is 13.4. The molecule has 80 heavy (non-hydrogen) atoms. The van der Waals surface area contributed by atoms with Crippen molar-refractivity contribution in [2.75, 3.05) is 18.9 Å². The summed E-state index contributed by atoms with van der Waals surface area (Å²) in [7, 11) is 0. The molecule has 0 aliphatic rings. The maximum Gasteiger partial charge on any atom is 0.245 e. The number of aliphatic hydroxyl groups is 4. The number of nitrogens with one attached hydrogen (secondary N) is 11. The van der Waals surface area contributed by atoms with Gasteiger partial charge in [0.15, 0.2) is 5.96 Å². The molecule has 0 rings (SSSR count). The Kier molecular flexibility index (Phi) is 33.4. The summed E-state index contributed by atoms with van der Waals surface area (Å²) in [5.41, 5.74) is 16.6. The van der Waals surface area contributed by atoms with Crippen molar-refractivity contribution in [2.24, 2.45) is 34.0 Å². The Hall–Kier alpha value is -6.74. The summed E-state index contributed by atoms with van der Waals surface area (Å²) in [6.45, 7) is 14.8. The minimum atomic E-state index is -1.76. The SMILES string of the molecule is CC(C)C[C@@H](C=O)NC(=O)[C@H](CCCN=C(N)N)NC(=O)[C@H](C)NC(=O)[C@@H](NC(=O)[C@H](C)NC(=O)[C@H](CS)NC(=O)[C@@H](NC(=O)[C@H](C)NC(=O)[C@H](C)NC(=O)[C@@H](NC(=O)[C@H](CO)NC(=O)[C@@H](N)CC(C)C)[C@@H](C)O)[C@@H](C)O)[C@@H](C)O. The normalized spacial score (nSPS) is 16.8. The first-order valence-electron chi connectivity index (χ1n) is 26.0. The highest BCUT2D eigenvalue weighted by Gasteiger charge is 2.36. The van der Waals surface area contributed by atoms with Crippen molar-refractivity contribution in [1.82, 2.24) is 58.5 Å². The second-order valence-electron chi connectivity index (χ2n) is 20.2. The fourth-order valence-corrected chi connectivity index (χ4v) is 7.36. The van der Waals surface area contributed by atoms with E-state index in [-0.39, 0.29) is 43.6 Å². The van der Waals surface area contributed by atoms with Crippen LogP contribution in [0.3, 0.4) is 0 Å². The van der Waals surface area contributed by atoms with Crippen LogP contribution in [0.1, 0.15) is 102 Å². The molecule has 0 aromatic heterocycles. The van der Waals surface area contributed by atoms with E-state index in [1.165, 1.54) is 27.7 Å². The number of guanidine groups is 1. The van der Waals surface area contributed by atoms with E-state index in [1.54, 1.807) is 0 Å². The molecule has 15 atom stereocenters. The Morgan fingerprint density at radius 1 is 0.463 bits per heavy atom. The zero-order valence-electron chi connectivity index (χ0n) is 47.2. The standard InChI is InChI=1S/C48H87N15O16S/c1-20(2)15-29(17-64)57-42(74)31(13-12-14-52-48(50)51)58-38(70)23(6)56-45(77)34(26(9)66)61-40(72)25(8)54-44(76)33(19-80)60-47(79)36(28(11)68)62-39(71)24(7)53-37(69)22(5)55-46(78)35(27(10)67)63-43(75)32(18-65)59-41(73)30(49)16-21(3)4/h17,20-36,65-68,80H,12-16,18-19,49H2,1-11H3,(H,53,69)(H,54,76)(H,55,78)(H,56,77)(H,57,74)(H,58,70)(H,59,73)(H,60,79)(H,61,72)(H,62,71)(H,63,75)(H4,50,51,52)/t22-,23-,24-,25-,26+,27+,28+,29-,30-,31-,32-,33-,34-,35-,36-/m0/s1. The lowest BCUT2D eigenvalue weighted by atomic mass is 10.0. The molecular weight excluding hydrogens is 1070 g/mol. The predicted octanol–water partition coefficient (Wildman–Crippen LogP) is -7.86. The minimum Gasteiger partial charge on any atom is -0.394 e. The molecule has 0 aromatic carbocycles. The van der Waals surface area contributed by atoms with Crippen molar-refractivity contribution in [3.63, 3.8) is 0 Å². The lowest BCUT2D eigenvalue weighted by molar-refractivity contribution is -0.137. The molecule has 0 heterocycles. The number of aldehydes is 1. The number of aliphatic imine (C=N–C) groups is 1. The van der Waals surface area contributed by atoms with Crippen LogP contribution < -0.4 is 75.7 Å². The van der Waals surface area contributed by atoms with Crippen LogP contribution in [-0.2, 0) is 57.5 Å². The largest absolute Gasteiger partial charge is 0.394 e. The van der Waals surface area contributed by atoms with Gasteiger partial charge in [-0.15, -0.1) is 0 Å². The Bertz CT molecular complexity index is 2150. The van der Waals surface area contributed by atoms with Gasteiger partial charge in [0, 0.05) is 12.3 Å². The molecule has 0 radical (unpaired) electrons. The molecule has 0 aromatic rings. The number of hydrogen-bond acceptors (Lipinski definition) is 19. The molecular formula is C48H87N15O16S. The van der Waals surface area contributed by atoms with E-state index in [1.807, 2.05) is 27.7 Å². The van der Waals surface area contributed by atoms with Crippen molar-refractivity contribution in [1.29, 1.82) is 0 Å². The van der Waals surface area contributed by atoms with Crippen molar-refractivity contribution in [3.05, 3.63) is 0 Å². The molecule has 0 bridgehead atoms. The zero-order valence-corrected chi connectivity index (χ0v) is 48.1. The first kappa shape index (κ1) is 73.3. The third kappa shape index (κ3) is 26.9. The average molecular weight is 1160 g/mol. The van der Waals surface area contributed by atoms with E-state index in [0.29, 0.717) is 12.7 Å². The van der Waals surface area contributed by atoms with Gasteiger partial charge in [0.2, 0.25) is 65.0 Å². The van der Waals surface area contributed by atoms with Crippen molar-refractivity contribution in [3.8, 4) is 0 Å². The zero-order chi connectivity index (χ0) is 61.9. The summed E-state index contributed by atoms with van der Waals surface area (Å²) in [5, 5.41) is 66.6. The highest BCUT2D eigenvalue weighted by Crippen LogP contribution is 2.08. The van der Waals surface area contributed by atoms with E-state index >= 15 is 0 Å². The van der Waals surface area contributed by atoms with Gasteiger partial charge in [-0.05, 0) is 86.0 Å². The van der Waals surface area contributed by atoms with Crippen molar-refractivity contribution < 1.29 is 78.0 Å². The number of thiol groups is 1. The number of nitrogens with two attached hydrogens (primary N) is 3. The number of amides is 11. The predicted molar refractivity (Wildman–Crippen MR) is 293 cm³/mol. The maximum absolute atomic E-state index is 13.4. The molecule has 0 saturated heterocycles. The van der Waals surface area contributed by atoms with E-state index < -0.39 is 168 Å². The minimum absolute atomic E-state index is 0.0247. The summed E-state index contributed by atoms with van der Waals surface area (Å²) in [5.74, 6) is -11.1. The monoisotopic (exact) mass is 1160 g/mol. The number of hydrogen-bond donors (Lipinski definition) is 19. The molecule has 0 aliphatic heterocycles. The average Bonchev–Trinajstić information content (AvgIpc) is 3.36. The molecule has 0 spiro atoms. The lowest BCUT2D eigenvalue weighted by Crippen LogP contribution is -2.62. The fraction of sp³-hybridized carbons (Fsp3) is 0.729. The quantitative estimate of drug-likeness (QED) is 0.00911. The first-order valence-corrected chi connectivity index (χ1v) is 26.6. The van der Waals surface area contributed by atoms with Gasteiger partial charge in [-0.3, -0.25) is 57.7 Å². The summed E-state index contributed by atoms with van der Waals surface area (Å²) in [6.07, 6.45) is -3.34. The second-order valence-corrected chi connectivity index (χ2v) is 20.6. The van der Waals surface area contributed by atoms with Gasteiger partial charge in [0.25, 0.3) is 0 Å². The second kappa shape index (κ2) is 36.5. The number of carbonyl (C=O) groups excluding carboxylic acids is 12. The number of rotatable bonds is 36. The Morgan fingerprint density at radius 3 is 1.19 bits per heavy atom. The van der Waals surface area contributed by atoms with E-state index in [4.69, 9.17) is 17.2 Å². The van der Waals surface area contributed by atoms with E-state index in [2.05, 4.69) is 76.1 Å². The van der Waals surface area contributed by atoms with Gasteiger partial charge in [0.05, 0.1) is 37.0 Å². The summed E-state index contributed by atoms with van der Waals surface area (Å²) in [4.78, 5) is 160. The molecule has 0 fully saturated rings. The van der Waals surface area contributed by atoms with Gasteiger partial charge >= 0.3 is 0 Å². The lowest BCUT2D eigenvalue weighted by Gasteiger charge is -2.27. The van der Waals surface area contributed by atoms with E-state index in [9.17, 15) is 78.0 Å². The molecule has 21 N–H and O–H groups in total. The molecule has 456 valence electrons. The molecule has 31 nitrogen and oxygen atoms in total. The highest BCUT2D eigenvalue weighted by atomic mass is 32.1. The van der Waals surface area contributed by atoms with Crippen molar-refractivity contribution >= 4 is 89.9 Å². The number of carbonyl (C=O) groups is 12. The molecule has 0 unspecified atom stereocenters. The first-order chi connectivity index (χ1) is 37.1. The van der Waals surface area contributed by atoms with Crippen LogP contribution in [0, 0.1) is 11.8 Å². The van der Waals surface area contributed by atoms with Crippen LogP contribution in [0.15, 0.2) is 4.99 Å². The summed E-state index contributed by atoms with van der Waals surface area (Å²) < 4.78 is 0. The van der Waals surface area contributed by atoms with Gasteiger partial charge in [0.1, 0.15) is 66.7 Å². The molecule has 0 saturated carbocycles. The van der Waals surface area contributed by atoms with Crippen LogP contribution in [0.4, 0.5) is 0 Å². The Balaban J connectivity index is 5.73. The fourth-order valence-electron chi connectivity index (χ4n) is 7.10. The third-order valence-electron chi connectivity index (χ3n) is 11.7. The summed E-state index contributed by atoms with van der Waals surface area (Å²) in [6, 6.07) is -17.0. The van der Waals surface area contributed by atoms with Crippen LogP contribution in [0.2, 0.25) is 0 Å². The van der Waals surface area contributed by atoms with Crippen LogP contribution in [0.25, 0.3) is 0 Å². The molecule has 32 heteroatoms. The van der Waals surface area contributed by atoms with Crippen molar-refractivity contribution in [2.45, 2.75) is 193 Å². The smallest absolute Gasteiger partial charge is 0.245 e. The Labute approximate surface area is 470 Å². The van der Waals surface area contributed by atoms with Crippen LogP contribution in [0.5, 0.6) is 0 Å². The van der Waals surface area contributed by atoms with Crippen LogP contribution in [-0.4, -0.2) is 207 Å². The molecule has 0 aliphatic carbocycles. The third-order valence-corrected chi connectivity index (χ3v) is 12.0. The number of aliphatic hydroxyl groups excluding tert-OH is 4. The molecule has 11 amide bonds. The highest BCUT2D eigenvalue weighted by molar-refractivity contribution is 7.80. The van der Waals surface area contributed by atoms with Gasteiger partial charge in [-0.2, -0.15) is 12.6 Å². The topological polar surface area (TPSA) is 509 Å². The van der Waals surface area contributed by atoms with E-state index in [0.717, 1.165) is 20.8 Å². The number of nitrogens with zero attached hydrogens (tertiary/aromatic N) is 1. The van der Waals surface area contributed by atoms with Gasteiger partial charge in [-0.25, -0.2) is 0 Å². The Morgan fingerprint density at radius 2 is 0.800 bits per heavy atom. The van der Waals surface area contributed by atoms with Gasteiger partial charge in [-0.1, -0.05) is 27.7 Å².